The lowest BCUT2D eigenvalue weighted by Gasteiger charge is -2.33. The molecule has 0 saturated carbocycles. The molecule has 0 N–H and O–H groups in total. The van der Waals surface area contributed by atoms with Crippen LogP contribution in [-0.4, -0.2) is 0 Å². The van der Waals surface area contributed by atoms with E-state index >= 15 is 0 Å². The van der Waals surface area contributed by atoms with Gasteiger partial charge in [0.15, 0.2) is 0 Å². The zero-order chi connectivity index (χ0) is 60.0. The van der Waals surface area contributed by atoms with Gasteiger partial charge in [0.2, 0.25) is 0 Å². The molecule has 2 heterocycles. The van der Waals surface area contributed by atoms with Crippen molar-refractivity contribution in [3.8, 4) is 84.3 Å². The first-order chi connectivity index (χ1) is 42.1. The smallest absolute Gasteiger partial charge is 0.0999 e. The Morgan fingerprint density at radius 2 is 0.709 bits per heavy atom. The van der Waals surface area contributed by atoms with Gasteiger partial charge in [-0.05, 0) is 178 Å². The molecular weight excluding hydrogens is 1080 g/mol. The summed E-state index contributed by atoms with van der Waals surface area (Å²) in [4.78, 5) is 2.72. The molecule has 0 spiro atoms. The number of hydrogen-bond donors (Lipinski definition) is 0. The summed E-state index contributed by atoms with van der Waals surface area (Å²) in [6.07, 6.45) is 34.8. The molecule has 0 atom stereocenters. The van der Waals surface area contributed by atoms with E-state index in [-0.39, 0.29) is 10.8 Å². The molecule has 0 aliphatic heterocycles. The van der Waals surface area contributed by atoms with Crippen LogP contribution in [-0.2, 0) is 10.8 Å². The van der Waals surface area contributed by atoms with E-state index in [2.05, 4.69) is 163 Å². The Bertz CT molecular complexity index is 3670. The quantitative estimate of drug-likeness (QED) is 0.0395. The van der Waals surface area contributed by atoms with Gasteiger partial charge in [0.1, 0.15) is 0 Å². The van der Waals surface area contributed by atoms with Crippen LogP contribution in [0.3, 0.4) is 0 Å². The molecule has 0 amide bonds. The minimum absolute atomic E-state index is 0.0967. The molecule has 0 unspecified atom stereocenters. The molecular formula is C81H93N3S2. The number of aryl methyl sites for hydroxylation is 2. The monoisotopic (exact) mass is 1170 g/mol. The first-order valence-corrected chi connectivity index (χ1v) is 35.4. The van der Waals surface area contributed by atoms with Crippen LogP contribution in [0.25, 0.3) is 75.5 Å². The standard InChI is InChI=1S/C81H93N3S2/c1-7-11-15-19-23-27-39-80(40-28-24-20-16-12-8-2)72-43-57(5)31-35-68(72)69-36-32-60(50-73(69)80)63-47-64(49-65(48-63)79-66(55-83)45-59(54-82)46-67(79)56-84)61-33-37-70-71-38-34-62(76-53-78-77(86-76)44-58(6)85-78)52-75(71)81(74(70)51-61,41-29-25-21-17-13-9-3)42-30-26-22-18-14-10-4/h31-38,43-53H,7-30,39-42H2,1-6H3. The lowest BCUT2D eigenvalue weighted by atomic mass is 9.70. The molecule has 10 rings (SSSR count). The number of thiophene rings is 2. The molecule has 3 nitrogen and oxygen atoms in total. The summed E-state index contributed by atoms with van der Waals surface area (Å²) in [5.74, 6) is 0. The van der Waals surface area contributed by atoms with Gasteiger partial charge in [-0.2, -0.15) is 15.8 Å². The number of fused-ring (bicyclic) bond motifs is 7. The number of nitriles is 3. The van der Waals surface area contributed by atoms with Crippen molar-refractivity contribution in [2.75, 3.05) is 0 Å². The highest BCUT2D eigenvalue weighted by molar-refractivity contribution is 7.29. The zero-order valence-electron chi connectivity index (χ0n) is 52.9. The molecule has 0 fully saturated rings. The van der Waals surface area contributed by atoms with E-state index < -0.39 is 0 Å². The van der Waals surface area contributed by atoms with E-state index in [4.69, 9.17) is 0 Å². The maximum Gasteiger partial charge on any atom is 0.0999 e. The minimum Gasteiger partial charge on any atom is -0.192 e. The van der Waals surface area contributed by atoms with Crippen molar-refractivity contribution in [3.05, 3.63) is 165 Å². The second-order valence-corrected chi connectivity index (χ2v) is 28.2. The summed E-state index contributed by atoms with van der Waals surface area (Å²) < 4.78 is 2.77. The molecule has 8 aromatic rings. The van der Waals surface area contributed by atoms with Gasteiger partial charge in [-0.15, -0.1) is 22.7 Å². The van der Waals surface area contributed by atoms with E-state index in [0.29, 0.717) is 22.3 Å². The molecule has 2 aliphatic rings. The lowest BCUT2D eigenvalue weighted by molar-refractivity contribution is 0.398. The van der Waals surface area contributed by atoms with Gasteiger partial charge in [-0.25, -0.2) is 0 Å². The molecule has 86 heavy (non-hydrogen) atoms. The Kier molecular flexibility index (Phi) is 21.4. The van der Waals surface area contributed by atoms with Crippen molar-refractivity contribution in [2.24, 2.45) is 0 Å². The van der Waals surface area contributed by atoms with Crippen LogP contribution < -0.4 is 0 Å². The fourth-order valence-electron chi connectivity index (χ4n) is 15.2. The fraction of sp³-hybridized carbons (Fsp3) is 0.444. The Balaban J connectivity index is 1.14. The number of unbranched alkanes of at least 4 members (excludes halogenated alkanes) is 20. The molecule has 2 aliphatic carbocycles. The van der Waals surface area contributed by atoms with Crippen molar-refractivity contribution in [1.29, 1.82) is 15.8 Å². The Labute approximate surface area is 525 Å². The van der Waals surface area contributed by atoms with Crippen LogP contribution in [0.5, 0.6) is 0 Å². The van der Waals surface area contributed by atoms with Crippen LogP contribution >= 0.6 is 22.7 Å². The number of hydrogen-bond acceptors (Lipinski definition) is 5. The van der Waals surface area contributed by atoms with Gasteiger partial charge < -0.3 is 0 Å². The first-order valence-electron chi connectivity index (χ1n) is 33.7. The van der Waals surface area contributed by atoms with Crippen molar-refractivity contribution in [1.82, 2.24) is 0 Å². The van der Waals surface area contributed by atoms with Crippen molar-refractivity contribution < 1.29 is 0 Å². The Morgan fingerprint density at radius 1 is 0.337 bits per heavy atom. The van der Waals surface area contributed by atoms with E-state index in [9.17, 15) is 15.8 Å². The van der Waals surface area contributed by atoms with Crippen molar-refractivity contribution in [3.63, 3.8) is 0 Å². The summed E-state index contributed by atoms with van der Waals surface area (Å²) in [5, 5.41) is 31.9. The summed E-state index contributed by atoms with van der Waals surface area (Å²) in [6, 6.07) is 51.4. The molecule has 6 aromatic carbocycles. The highest BCUT2D eigenvalue weighted by atomic mass is 32.1. The average molecular weight is 1170 g/mol. The number of rotatable bonds is 32. The predicted octanol–water partition coefficient (Wildman–Crippen LogP) is 25.4. The van der Waals surface area contributed by atoms with Gasteiger partial charge in [0.05, 0.1) is 34.9 Å². The Hall–Kier alpha value is -6.55. The number of benzene rings is 6. The minimum atomic E-state index is -0.157. The second kappa shape index (κ2) is 29.4. The van der Waals surface area contributed by atoms with Crippen LogP contribution in [0, 0.1) is 47.8 Å². The number of nitrogens with zero attached hydrogens (tertiary/aromatic N) is 3. The van der Waals surface area contributed by atoms with Gasteiger partial charge in [0, 0.05) is 35.5 Å². The molecule has 2 aromatic heterocycles. The van der Waals surface area contributed by atoms with Gasteiger partial charge >= 0.3 is 0 Å². The van der Waals surface area contributed by atoms with Crippen molar-refractivity contribution in [2.45, 2.75) is 232 Å². The average Bonchev–Trinajstić information content (AvgIpc) is 1.60. The van der Waals surface area contributed by atoms with Crippen LogP contribution in [0.4, 0.5) is 0 Å². The SMILES string of the molecule is CCCCCCCCC1(CCCCCCCC)c2cc(C)ccc2-c2ccc(-c3cc(-c4ccc5c(c4)C(CCCCCCCC)(CCCCCCCC)c4cc(-c6cc7sc(C)cc7s6)ccc4-5)cc(-c4c(C#N)cc(C#N)cc4C#N)c3)cc21. The zero-order valence-corrected chi connectivity index (χ0v) is 54.6. The van der Waals surface area contributed by atoms with E-state index in [1.54, 1.807) is 12.1 Å². The summed E-state index contributed by atoms with van der Waals surface area (Å²) in [5.41, 5.74) is 20.7. The largest absolute Gasteiger partial charge is 0.192 e. The highest BCUT2D eigenvalue weighted by Gasteiger charge is 2.44. The second-order valence-electron chi connectivity index (χ2n) is 25.8. The fourth-order valence-corrected chi connectivity index (χ4v) is 17.5. The summed E-state index contributed by atoms with van der Waals surface area (Å²) in [7, 11) is 0. The highest BCUT2D eigenvalue weighted by Crippen LogP contribution is 2.58. The van der Waals surface area contributed by atoms with Crippen molar-refractivity contribution >= 4 is 32.1 Å². The third-order valence-corrected chi connectivity index (χ3v) is 22.0. The summed E-state index contributed by atoms with van der Waals surface area (Å²) in [6.45, 7) is 13.7. The predicted molar refractivity (Wildman–Crippen MR) is 369 cm³/mol. The van der Waals surface area contributed by atoms with Crippen LogP contribution in [0.1, 0.15) is 257 Å². The molecule has 0 radical (unpaired) electrons. The van der Waals surface area contributed by atoms with Gasteiger partial charge in [-0.3, -0.25) is 0 Å². The summed E-state index contributed by atoms with van der Waals surface area (Å²) >= 11 is 3.84. The molecule has 5 heteroatoms. The van der Waals surface area contributed by atoms with Crippen LogP contribution in [0.2, 0.25) is 0 Å². The maximum atomic E-state index is 10.9. The normalized spacial score (nSPS) is 13.3. The van der Waals surface area contributed by atoms with E-state index in [0.717, 1.165) is 53.5 Å². The van der Waals surface area contributed by atoms with E-state index in [1.165, 1.54) is 229 Å². The third-order valence-electron chi connectivity index (χ3n) is 19.7. The molecule has 0 saturated heterocycles. The molecule has 0 bridgehead atoms. The Morgan fingerprint density at radius 3 is 1.13 bits per heavy atom. The maximum absolute atomic E-state index is 10.9. The molecule has 444 valence electrons. The third kappa shape index (κ3) is 13.5. The van der Waals surface area contributed by atoms with E-state index in [1.807, 2.05) is 22.7 Å². The van der Waals surface area contributed by atoms with Gasteiger partial charge in [0.25, 0.3) is 0 Å². The first kappa shape index (κ1) is 62.5. The topological polar surface area (TPSA) is 71.4 Å². The lowest BCUT2D eigenvalue weighted by Crippen LogP contribution is -2.25. The van der Waals surface area contributed by atoms with Crippen LogP contribution in [0.15, 0.2) is 115 Å². The van der Waals surface area contributed by atoms with Gasteiger partial charge in [-0.1, -0.05) is 242 Å².